The summed E-state index contributed by atoms with van der Waals surface area (Å²) in [5.74, 6) is -1.87. The summed E-state index contributed by atoms with van der Waals surface area (Å²) in [4.78, 5) is 0. The first-order valence-corrected chi connectivity index (χ1v) is 13.4. The van der Waals surface area contributed by atoms with Crippen molar-refractivity contribution in [2.45, 2.75) is 6.92 Å². The molecule has 0 fully saturated rings. The van der Waals surface area contributed by atoms with Crippen molar-refractivity contribution in [2.24, 2.45) is 0 Å². The van der Waals surface area contributed by atoms with E-state index >= 15 is 0 Å². The highest BCUT2D eigenvalue weighted by Gasteiger charge is 2.26. The van der Waals surface area contributed by atoms with Crippen molar-refractivity contribution in [3.05, 3.63) is 121 Å². The smallest absolute Gasteiger partial charge is 0.169 e. The molecule has 0 radical (unpaired) electrons. The van der Waals surface area contributed by atoms with Gasteiger partial charge in [-0.1, -0.05) is 115 Å². The standard InChI is InChI=1S/C37H26O4/c1-21-34(38)36(40)33(37(41)35(21)39)32-29-14-6-4-12-27(29)31(28-13-5-7-15-30(28)32)24-19-17-23(18-20-24)26-16-8-10-22-9-2-3-11-25(22)26/h2-20,38-41H,1H3. The van der Waals surface area contributed by atoms with E-state index in [4.69, 9.17) is 0 Å². The zero-order valence-corrected chi connectivity index (χ0v) is 22.3. The van der Waals surface area contributed by atoms with Crippen LogP contribution in [-0.4, -0.2) is 20.4 Å². The van der Waals surface area contributed by atoms with Gasteiger partial charge in [0.2, 0.25) is 0 Å². The van der Waals surface area contributed by atoms with Crippen LogP contribution in [0.4, 0.5) is 0 Å². The number of aromatic hydroxyl groups is 4. The lowest BCUT2D eigenvalue weighted by molar-refractivity contribution is 0.371. The first-order chi connectivity index (χ1) is 20.0. The van der Waals surface area contributed by atoms with Crippen molar-refractivity contribution in [3.8, 4) is 56.4 Å². The molecule has 198 valence electrons. The summed E-state index contributed by atoms with van der Waals surface area (Å²) >= 11 is 0. The highest BCUT2D eigenvalue weighted by molar-refractivity contribution is 6.22. The van der Waals surface area contributed by atoms with Gasteiger partial charge in [-0.25, -0.2) is 0 Å². The number of hydrogen-bond acceptors (Lipinski definition) is 4. The monoisotopic (exact) mass is 534 g/mol. The average molecular weight is 535 g/mol. The van der Waals surface area contributed by atoms with Gasteiger partial charge < -0.3 is 20.4 Å². The van der Waals surface area contributed by atoms with Crippen LogP contribution in [0.25, 0.3) is 65.7 Å². The molecule has 0 heterocycles. The maximum absolute atomic E-state index is 11.0. The second-order valence-corrected chi connectivity index (χ2v) is 10.3. The van der Waals surface area contributed by atoms with Crippen LogP contribution in [0.5, 0.6) is 23.0 Å². The SMILES string of the molecule is Cc1c(O)c(O)c(-c2c3ccccc3c(-c3ccc(-c4cccc5ccccc45)cc3)c3ccccc23)c(O)c1O. The normalized spacial score (nSPS) is 11.4. The van der Waals surface area contributed by atoms with Crippen LogP contribution in [0.3, 0.4) is 0 Å². The lowest BCUT2D eigenvalue weighted by atomic mass is 9.84. The van der Waals surface area contributed by atoms with Gasteiger partial charge in [0.25, 0.3) is 0 Å². The van der Waals surface area contributed by atoms with E-state index in [-0.39, 0.29) is 11.1 Å². The molecule has 0 aliphatic heterocycles. The third kappa shape index (κ3) is 3.69. The molecule has 4 heteroatoms. The number of rotatable bonds is 3. The summed E-state index contributed by atoms with van der Waals surface area (Å²) in [5.41, 5.74) is 4.88. The summed E-state index contributed by atoms with van der Waals surface area (Å²) < 4.78 is 0. The van der Waals surface area contributed by atoms with Crippen molar-refractivity contribution in [1.29, 1.82) is 0 Å². The molecule has 0 saturated heterocycles. The Labute approximate surface area is 236 Å². The zero-order valence-electron chi connectivity index (χ0n) is 22.3. The number of fused-ring (bicyclic) bond motifs is 3. The molecule has 0 saturated carbocycles. The fraction of sp³-hybridized carbons (Fsp3) is 0.0270. The second kappa shape index (κ2) is 9.32. The van der Waals surface area contributed by atoms with Crippen LogP contribution in [0.2, 0.25) is 0 Å². The van der Waals surface area contributed by atoms with Gasteiger partial charge in [0.15, 0.2) is 23.0 Å². The Morgan fingerprint density at radius 2 is 0.805 bits per heavy atom. The summed E-state index contributed by atoms with van der Waals surface area (Å²) in [5, 5.41) is 49.0. The molecule has 0 amide bonds. The molecule has 0 aliphatic carbocycles. The molecule has 0 atom stereocenters. The summed E-state index contributed by atoms with van der Waals surface area (Å²) in [6, 6.07) is 38.9. The first-order valence-electron chi connectivity index (χ1n) is 13.4. The molecule has 7 rings (SSSR count). The van der Waals surface area contributed by atoms with E-state index in [0.29, 0.717) is 5.56 Å². The lowest BCUT2D eigenvalue weighted by Crippen LogP contribution is -1.93. The minimum absolute atomic E-state index is 0.00384. The maximum atomic E-state index is 11.0. The fourth-order valence-electron chi connectivity index (χ4n) is 6.06. The molecule has 7 aromatic carbocycles. The van der Waals surface area contributed by atoms with Crippen LogP contribution >= 0.6 is 0 Å². The maximum Gasteiger partial charge on any atom is 0.169 e. The second-order valence-electron chi connectivity index (χ2n) is 10.3. The molecule has 0 unspecified atom stereocenters. The quantitative estimate of drug-likeness (QED) is 0.103. The minimum atomic E-state index is -0.472. The highest BCUT2D eigenvalue weighted by Crippen LogP contribution is 2.55. The van der Waals surface area contributed by atoms with Crippen molar-refractivity contribution < 1.29 is 20.4 Å². The van der Waals surface area contributed by atoms with E-state index in [0.717, 1.165) is 38.2 Å². The molecular formula is C37H26O4. The molecule has 0 bridgehead atoms. The molecular weight excluding hydrogens is 508 g/mol. The van der Waals surface area contributed by atoms with Crippen LogP contribution in [0.15, 0.2) is 115 Å². The van der Waals surface area contributed by atoms with Crippen LogP contribution in [-0.2, 0) is 0 Å². The van der Waals surface area contributed by atoms with E-state index in [1.807, 2.05) is 54.6 Å². The van der Waals surface area contributed by atoms with Crippen molar-refractivity contribution in [2.75, 3.05) is 0 Å². The van der Waals surface area contributed by atoms with Gasteiger partial charge in [-0.15, -0.1) is 0 Å². The molecule has 7 aromatic rings. The average Bonchev–Trinajstić information content (AvgIpc) is 3.02. The molecule has 0 aromatic heterocycles. The lowest BCUT2D eigenvalue weighted by Gasteiger charge is -2.20. The van der Waals surface area contributed by atoms with Crippen molar-refractivity contribution in [3.63, 3.8) is 0 Å². The number of phenolic OH excluding ortho intramolecular Hbond substituents is 4. The largest absolute Gasteiger partial charge is 0.504 e. The third-order valence-electron chi connectivity index (χ3n) is 8.09. The van der Waals surface area contributed by atoms with E-state index in [2.05, 4.69) is 60.7 Å². The van der Waals surface area contributed by atoms with Gasteiger partial charge >= 0.3 is 0 Å². The van der Waals surface area contributed by atoms with Crippen molar-refractivity contribution >= 4 is 32.3 Å². The Morgan fingerprint density at radius 3 is 1.37 bits per heavy atom. The van der Waals surface area contributed by atoms with Crippen LogP contribution in [0, 0.1) is 6.92 Å². The number of phenols is 4. The molecule has 0 spiro atoms. The Hall–Kier alpha value is -5.48. The predicted molar refractivity (Wildman–Crippen MR) is 167 cm³/mol. The van der Waals surface area contributed by atoms with E-state index in [1.54, 1.807) is 0 Å². The Bertz CT molecular complexity index is 2050. The van der Waals surface area contributed by atoms with E-state index in [9.17, 15) is 20.4 Å². The van der Waals surface area contributed by atoms with Gasteiger partial charge in [0, 0.05) is 11.1 Å². The van der Waals surface area contributed by atoms with Gasteiger partial charge in [-0.3, -0.25) is 0 Å². The summed E-state index contributed by atoms with van der Waals surface area (Å²) in [6.45, 7) is 1.44. The van der Waals surface area contributed by atoms with Gasteiger partial charge in [-0.2, -0.15) is 0 Å². The van der Waals surface area contributed by atoms with Gasteiger partial charge in [-0.05, 0) is 61.5 Å². The van der Waals surface area contributed by atoms with Gasteiger partial charge in [0.05, 0.1) is 5.56 Å². The molecule has 41 heavy (non-hydrogen) atoms. The molecule has 0 aliphatic rings. The Morgan fingerprint density at radius 1 is 0.366 bits per heavy atom. The van der Waals surface area contributed by atoms with Gasteiger partial charge in [0.1, 0.15) is 0 Å². The first kappa shape index (κ1) is 24.6. The fourth-order valence-corrected chi connectivity index (χ4v) is 6.06. The highest BCUT2D eigenvalue weighted by atomic mass is 16.3. The topological polar surface area (TPSA) is 80.9 Å². The van der Waals surface area contributed by atoms with Crippen LogP contribution in [0.1, 0.15) is 5.56 Å². The molecule has 4 N–H and O–H groups in total. The summed E-state index contributed by atoms with van der Waals surface area (Å²) in [6.07, 6.45) is 0. The predicted octanol–water partition coefficient (Wildman–Crippen LogP) is 9.28. The van der Waals surface area contributed by atoms with Crippen LogP contribution < -0.4 is 0 Å². The number of hydrogen-bond donors (Lipinski definition) is 4. The van der Waals surface area contributed by atoms with E-state index in [1.165, 1.54) is 23.3 Å². The summed E-state index contributed by atoms with van der Waals surface area (Å²) in [7, 11) is 0. The Balaban J connectivity index is 1.51. The minimum Gasteiger partial charge on any atom is -0.504 e. The third-order valence-corrected chi connectivity index (χ3v) is 8.09. The zero-order chi connectivity index (χ0) is 28.2. The Kier molecular flexibility index (Phi) is 5.58. The number of benzene rings is 7. The van der Waals surface area contributed by atoms with E-state index < -0.39 is 23.0 Å². The van der Waals surface area contributed by atoms with Crippen molar-refractivity contribution in [1.82, 2.24) is 0 Å². The molecule has 4 nitrogen and oxygen atoms in total.